The van der Waals surface area contributed by atoms with Crippen molar-refractivity contribution in [3.8, 4) is 0 Å². The third kappa shape index (κ3) is 4.34. The van der Waals surface area contributed by atoms with E-state index in [1.165, 1.54) is 11.8 Å². The van der Waals surface area contributed by atoms with E-state index in [4.69, 9.17) is 9.98 Å². The molecule has 8 heteroatoms. The van der Waals surface area contributed by atoms with Gasteiger partial charge < -0.3 is 0 Å². The van der Waals surface area contributed by atoms with E-state index < -0.39 is 11.8 Å². The summed E-state index contributed by atoms with van der Waals surface area (Å²) in [5.41, 5.74) is 2.94. The molecule has 0 saturated carbocycles. The van der Waals surface area contributed by atoms with Crippen LogP contribution in [0.25, 0.3) is 0 Å². The number of carbonyl (C=O) groups excluding carboxylic acids is 2. The third-order valence-electron chi connectivity index (χ3n) is 5.73. The van der Waals surface area contributed by atoms with E-state index >= 15 is 0 Å². The largest absolute Gasteiger partial charge is 0.282 e. The molecule has 0 bridgehead atoms. The molecule has 0 unspecified atom stereocenters. The molecule has 4 aromatic rings. The number of amidine groups is 2. The van der Waals surface area contributed by atoms with Crippen LogP contribution in [0.2, 0.25) is 0 Å². The number of hydrazone groups is 1. The fourth-order valence-corrected chi connectivity index (χ4v) is 4.96. The maximum Gasteiger partial charge on any atom is 0.282 e. The number of fused-ring (bicyclic) bond motifs is 1. The van der Waals surface area contributed by atoms with Crippen LogP contribution in [0.15, 0.2) is 130 Å². The van der Waals surface area contributed by atoms with Gasteiger partial charge >= 0.3 is 0 Å². The average Bonchev–Trinajstić information content (AvgIpc) is 3.40. The van der Waals surface area contributed by atoms with Crippen molar-refractivity contribution in [1.29, 1.82) is 0 Å². The number of benzene rings is 4. The molecule has 0 aromatic heterocycles. The van der Waals surface area contributed by atoms with Gasteiger partial charge in [-0.3, -0.25) is 14.5 Å². The first-order valence-electron chi connectivity index (χ1n) is 11.6. The van der Waals surface area contributed by atoms with Crippen molar-refractivity contribution in [3.05, 3.63) is 126 Å². The lowest BCUT2D eigenvalue weighted by Gasteiger charge is -2.19. The number of nitrogens with zero attached hydrogens (tertiary/aromatic N) is 5. The molecule has 0 N–H and O–H groups in total. The molecule has 6 rings (SSSR count). The van der Waals surface area contributed by atoms with Crippen LogP contribution in [0, 0.1) is 0 Å². The molecule has 178 valence electrons. The van der Waals surface area contributed by atoms with Crippen molar-refractivity contribution in [2.24, 2.45) is 15.1 Å². The SMILES string of the molecule is O=C1c2ccccc2C(=O)N1/N=C1/SC(=Nc2ccccc2)C(=Nc2ccccc2)N1c1ccccc1. The highest BCUT2D eigenvalue weighted by molar-refractivity contribution is 8.29. The van der Waals surface area contributed by atoms with Gasteiger partial charge in [-0.05, 0) is 60.3 Å². The highest BCUT2D eigenvalue weighted by Gasteiger charge is 2.40. The second-order valence-electron chi connectivity index (χ2n) is 8.15. The van der Waals surface area contributed by atoms with Crippen LogP contribution in [0.5, 0.6) is 0 Å². The first kappa shape index (κ1) is 22.6. The fraction of sp³-hybridized carbons (Fsp3) is 0. The number of hydrogen-bond acceptors (Lipinski definition) is 6. The number of thioether (sulfide) groups is 1. The number of carbonyl (C=O) groups is 2. The summed E-state index contributed by atoms with van der Waals surface area (Å²) in [6.45, 7) is 0. The number of anilines is 1. The van der Waals surface area contributed by atoms with Gasteiger partial charge in [0.25, 0.3) is 11.8 Å². The highest BCUT2D eigenvalue weighted by atomic mass is 32.2. The number of imide groups is 1. The third-order valence-corrected chi connectivity index (χ3v) is 6.65. The molecule has 4 aromatic carbocycles. The van der Waals surface area contributed by atoms with Crippen molar-refractivity contribution >= 4 is 56.7 Å². The van der Waals surface area contributed by atoms with E-state index in [1.54, 1.807) is 24.3 Å². The molecule has 2 aliphatic heterocycles. The van der Waals surface area contributed by atoms with Crippen LogP contribution >= 0.6 is 11.8 Å². The Morgan fingerprint density at radius 2 is 1.05 bits per heavy atom. The van der Waals surface area contributed by atoms with E-state index in [1.807, 2.05) is 95.9 Å². The standard InChI is InChI=1S/C29H19N5O2S/c35-27-23-18-10-11-19-24(23)28(36)34(27)32-29-33(22-16-8-3-9-17-22)25(30-20-12-4-1-5-13-20)26(37-29)31-21-14-6-2-7-15-21/h1-19H/b30-25?,31-26?,32-29+. The normalized spacial score (nSPS) is 18.3. The Balaban J connectivity index is 1.52. The maximum absolute atomic E-state index is 13.1. The van der Waals surface area contributed by atoms with Gasteiger partial charge in [-0.1, -0.05) is 66.7 Å². The second-order valence-corrected chi connectivity index (χ2v) is 9.10. The van der Waals surface area contributed by atoms with E-state index in [2.05, 4.69) is 5.10 Å². The fourth-order valence-electron chi connectivity index (χ4n) is 4.01. The van der Waals surface area contributed by atoms with Gasteiger partial charge in [-0.15, -0.1) is 5.10 Å². The summed E-state index contributed by atoms with van der Waals surface area (Å²) in [5.74, 6) is -0.380. The maximum atomic E-state index is 13.1. The molecule has 0 spiro atoms. The van der Waals surface area contributed by atoms with Crippen molar-refractivity contribution in [2.45, 2.75) is 0 Å². The number of para-hydroxylation sites is 3. The van der Waals surface area contributed by atoms with Gasteiger partial charge in [0.1, 0.15) is 5.04 Å². The predicted molar refractivity (Wildman–Crippen MR) is 148 cm³/mol. The van der Waals surface area contributed by atoms with Gasteiger partial charge in [0, 0.05) is 5.69 Å². The molecule has 0 atom stereocenters. The Morgan fingerprint density at radius 1 is 0.568 bits per heavy atom. The Kier molecular flexibility index (Phi) is 5.92. The molecular weight excluding hydrogens is 482 g/mol. The van der Waals surface area contributed by atoms with E-state index in [-0.39, 0.29) is 0 Å². The predicted octanol–water partition coefficient (Wildman–Crippen LogP) is 6.27. The van der Waals surface area contributed by atoms with Crippen LogP contribution in [0.1, 0.15) is 20.7 Å². The summed E-state index contributed by atoms with van der Waals surface area (Å²) in [6.07, 6.45) is 0. The van der Waals surface area contributed by atoms with Crippen LogP contribution in [-0.2, 0) is 0 Å². The Hall–Kier alpha value is -4.82. The van der Waals surface area contributed by atoms with Crippen molar-refractivity contribution < 1.29 is 9.59 Å². The van der Waals surface area contributed by atoms with Crippen LogP contribution in [0.3, 0.4) is 0 Å². The summed E-state index contributed by atoms with van der Waals surface area (Å²) in [7, 11) is 0. The first-order chi connectivity index (χ1) is 18.2. The molecule has 1 saturated heterocycles. The Bertz CT molecular complexity index is 1550. The summed E-state index contributed by atoms with van der Waals surface area (Å²) in [6, 6.07) is 35.4. The first-order valence-corrected chi connectivity index (χ1v) is 12.4. The number of aliphatic imine (C=N–C) groups is 2. The van der Waals surface area contributed by atoms with Crippen molar-refractivity contribution in [1.82, 2.24) is 5.01 Å². The summed E-state index contributed by atoms with van der Waals surface area (Å²) < 4.78 is 0. The molecular formula is C29H19N5O2S. The zero-order valence-corrected chi connectivity index (χ0v) is 20.2. The molecule has 2 heterocycles. The molecule has 7 nitrogen and oxygen atoms in total. The van der Waals surface area contributed by atoms with E-state index in [9.17, 15) is 9.59 Å². The minimum absolute atomic E-state index is 0.336. The van der Waals surface area contributed by atoms with Crippen molar-refractivity contribution in [2.75, 3.05) is 4.90 Å². The molecule has 0 radical (unpaired) electrons. The summed E-state index contributed by atoms with van der Waals surface area (Å²) in [4.78, 5) is 37.8. The van der Waals surface area contributed by atoms with Crippen molar-refractivity contribution in [3.63, 3.8) is 0 Å². The molecule has 2 aliphatic rings. The topological polar surface area (TPSA) is 77.7 Å². The van der Waals surface area contributed by atoms with Gasteiger partial charge in [0.15, 0.2) is 5.84 Å². The Morgan fingerprint density at radius 3 is 1.62 bits per heavy atom. The van der Waals surface area contributed by atoms with E-state index in [0.717, 1.165) is 22.1 Å². The lowest BCUT2D eigenvalue weighted by atomic mass is 10.1. The van der Waals surface area contributed by atoms with Gasteiger partial charge in [0.2, 0.25) is 5.17 Å². The van der Waals surface area contributed by atoms with E-state index in [0.29, 0.717) is 27.2 Å². The number of amides is 2. The van der Waals surface area contributed by atoms with Gasteiger partial charge in [-0.2, -0.15) is 5.01 Å². The smallest absolute Gasteiger partial charge is 0.269 e. The minimum Gasteiger partial charge on any atom is -0.269 e. The van der Waals surface area contributed by atoms with Crippen LogP contribution < -0.4 is 4.90 Å². The second kappa shape index (κ2) is 9.67. The van der Waals surface area contributed by atoms with Gasteiger partial charge in [-0.25, -0.2) is 9.98 Å². The number of rotatable bonds is 4. The molecule has 1 fully saturated rings. The van der Waals surface area contributed by atoms with Crippen LogP contribution in [0.4, 0.5) is 17.1 Å². The lowest BCUT2D eigenvalue weighted by molar-refractivity contribution is 0.0659. The molecule has 2 amide bonds. The average molecular weight is 502 g/mol. The zero-order valence-electron chi connectivity index (χ0n) is 19.4. The lowest BCUT2D eigenvalue weighted by Crippen LogP contribution is -2.34. The minimum atomic E-state index is -0.461. The monoisotopic (exact) mass is 501 g/mol. The summed E-state index contributed by atoms with van der Waals surface area (Å²) in [5, 5.41) is 6.48. The van der Waals surface area contributed by atoms with Crippen LogP contribution in [-0.4, -0.2) is 32.9 Å². The Labute approximate surface area is 217 Å². The molecule has 0 aliphatic carbocycles. The zero-order chi connectivity index (χ0) is 25.2. The van der Waals surface area contributed by atoms with Gasteiger partial charge in [0.05, 0.1) is 22.5 Å². The summed E-state index contributed by atoms with van der Waals surface area (Å²) >= 11 is 1.25. The highest BCUT2D eigenvalue weighted by Crippen LogP contribution is 2.34. The number of hydrogen-bond donors (Lipinski definition) is 0. The molecule has 37 heavy (non-hydrogen) atoms. The quantitative estimate of drug-likeness (QED) is 0.309.